The van der Waals surface area contributed by atoms with Crippen LogP contribution in [0, 0.1) is 0 Å². The molecule has 0 aliphatic rings. The molecule has 0 spiro atoms. The summed E-state index contributed by atoms with van der Waals surface area (Å²) in [4.78, 5) is 13.8. The number of aromatic nitrogens is 3. The molecule has 1 amide bonds. The molecule has 0 saturated carbocycles. The number of halogens is 1. The normalized spacial score (nSPS) is 10.3. The first-order valence-corrected chi connectivity index (χ1v) is 6.09. The van der Waals surface area contributed by atoms with Crippen molar-refractivity contribution in [2.24, 2.45) is 0 Å². The van der Waals surface area contributed by atoms with Crippen LogP contribution in [0.3, 0.4) is 0 Å². The Morgan fingerprint density at radius 3 is 2.72 bits per heavy atom. The van der Waals surface area contributed by atoms with Gasteiger partial charge in [0.2, 0.25) is 0 Å². The van der Waals surface area contributed by atoms with Crippen LogP contribution < -0.4 is 0 Å². The van der Waals surface area contributed by atoms with Gasteiger partial charge in [-0.3, -0.25) is 4.79 Å². The smallest absolute Gasteiger partial charge is 0.276 e. The molecule has 18 heavy (non-hydrogen) atoms. The van der Waals surface area contributed by atoms with Crippen LogP contribution in [0.1, 0.15) is 16.1 Å². The van der Waals surface area contributed by atoms with E-state index in [-0.39, 0.29) is 5.91 Å². The lowest BCUT2D eigenvalue weighted by Gasteiger charge is -2.20. The van der Waals surface area contributed by atoms with E-state index in [9.17, 15) is 4.79 Å². The second-order valence-electron chi connectivity index (χ2n) is 3.76. The second-order valence-corrected chi connectivity index (χ2v) is 4.13. The van der Waals surface area contributed by atoms with Crippen LogP contribution in [0.2, 0.25) is 0 Å². The summed E-state index contributed by atoms with van der Waals surface area (Å²) in [6, 6.07) is 9.76. The van der Waals surface area contributed by atoms with E-state index in [1.54, 1.807) is 4.90 Å². The molecule has 1 aromatic heterocycles. The van der Waals surface area contributed by atoms with Gasteiger partial charge in [-0.25, -0.2) is 0 Å². The van der Waals surface area contributed by atoms with E-state index >= 15 is 0 Å². The van der Waals surface area contributed by atoms with Gasteiger partial charge in [0, 0.05) is 19.0 Å². The van der Waals surface area contributed by atoms with Gasteiger partial charge in [-0.1, -0.05) is 30.3 Å². The van der Waals surface area contributed by atoms with E-state index < -0.39 is 0 Å². The zero-order valence-electron chi connectivity index (χ0n) is 9.71. The van der Waals surface area contributed by atoms with Gasteiger partial charge in [0.25, 0.3) is 5.91 Å². The number of amides is 1. The van der Waals surface area contributed by atoms with Crippen LogP contribution >= 0.6 is 11.6 Å². The van der Waals surface area contributed by atoms with Crippen molar-refractivity contribution in [1.82, 2.24) is 20.3 Å². The van der Waals surface area contributed by atoms with Crippen molar-refractivity contribution in [3.63, 3.8) is 0 Å². The fourth-order valence-electron chi connectivity index (χ4n) is 1.62. The molecule has 0 atom stereocenters. The Morgan fingerprint density at radius 2 is 2.11 bits per heavy atom. The third-order valence-corrected chi connectivity index (χ3v) is 2.66. The molecule has 6 heteroatoms. The minimum absolute atomic E-state index is 0.173. The number of nitrogens with zero attached hydrogens (tertiary/aromatic N) is 3. The van der Waals surface area contributed by atoms with Crippen molar-refractivity contribution in [2.45, 2.75) is 6.54 Å². The number of rotatable bonds is 5. The minimum atomic E-state index is -0.173. The number of aromatic amines is 1. The van der Waals surface area contributed by atoms with Gasteiger partial charge in [0.15, 0.2) is 5.69 Å². The highest BCUT2D eigenvalue weighted by Crippen LogP contribution is 2.08. The molecule has 0 bridgehead atoms. The number of benzene rings is 1. The summed E-state index contributed by atoms with van der Waals surface area (Å²) in [5.41, 5.74) is 1.36. The van der Waals surface area contributed by atoms with E-state index in [0.29, 0.717) is 24.7 Å². The first kappa shape index (κ1) is 12.6. The maximum Gasteiger partial charge on any atom is 0.276 e. The Kier molecular flexibility index (Phi) is 4.30. The third-order valence-electron chi connectivity index (χ3n) is 2.49. The summed E-state index contributed by atoms with van der Waals surface area (Å²) in [5, 5.41) is 9.86. The average Bonchev–Trinajstić information content (AvgIpc) is 2.92. The average molecular weight is 265 g/mol. The molecule has 1 heterocycles. The molecule has 94 valence electrons. The van der Waals surface area contributed by atoms with Crippen LogP contribution in [0.5, 0.6) is 0 Å². The quantitative estimate of drug-likeness (QED) is 0.836. The van der Waals surface area contributed by atoms with Gasteiger partial charge in [-0.2, -0.15) is 15.4 Å². The lowest BCUT2D eigenvalue weighted by Crippen LogP contribution is -2.32. The second kappa shape index (κ2) is 6.16. The van der Waals surface area contributed by atoms with Crippen LogP contribution in [-0.2, 0) is 6.54 Å². The van der Waals surface area contributed by atoms with Crippen molar-refractivity contribution < 1.29 is 4.79 Å². The number of hydrogen-bond acceptors (Lipinski definition) is 3. The summed E-state index contributed by atoms with van der Waals surface area (Å²) in [5.74, 6) is 0.212. The molecular formula is C12H13ClN4O. The summed E-state index contributed by atoms with van der Waals surface area (Å²) < 4.78 is 0. The molecule has 2 rings (SSSR count). The highest BCUT2D eigenvalue weighted by atomic mass is 35.5. The number of alkyl halides is 1. The van der Waals surface area contributed by atoms with Crippen LogP contribution in [0.15, 0.2) is 36.5 Å². The monoisotopic (exact) mass is 264 g/mol. The summed E-state index contributed by atoms with van der Waals surface area (Å²) >= 11 is 5.73. The van der Waals surface area contributed by atoms with Gasteiger partial charge < -0.3 is 4.90 Å². The molecule has 0 unspecified atom stereocenters. The van der Waals surface area contributed by atoms with Gasteiger partial charge >= 0.3 is 0 Å². The van der Waals surface area contributed by atoms with Crippen molar-refractivity contribution in [2.75, 3.05) is 12.4 Å². The Morgan fingerprint density at radius 1 is 1.33 bits per heavy atom. The molecular weight excluding hydrogens is 252 g/mol. The number of H-pyrrole nitrogens is 1. The molecule has 0 radical (unpaired) electrons. The molecule has 0 aliphatic heterocycles. The van der Waals surface area contributed by atoms with E-state index in [1.165, 1.54) is 6.20 Å². The lowest BCUT2D eigenvalue weighted by molar-refractivity contribution is 0.0748. The van der Waals surface area contributed by atoms with Crippen molar-refractivity contribution in [3.05, 3.63) is 47.8 Å². The summed E-state index contributed by atoms with van der Waals surface area (Å²) in [6.45, 7) is 0.987. The Labute approximate surface area is 110 Å². The van der Waals surface area contributed by atoms with Crippen LogP contribution in [-0.4, -0.2) is 38.6 Å². The molecule has 1 aromatic carbocycles. The zero-order valence-corrected chi connectivity index (χ0v) is 10.5. The van der Waals surface area contributed by atoms with E-state index in [0.717, 1.165) is 5.56 Å². The largest absolute Gasteiger partial charge is 0.332 e. The maximum absolute atomic E-state index is 12.1. The highest BCUT2D eigenvalue weighted by molar-refractivity contribution is 6.18. The topological polar surface area (TPSA) is 61.9 Å². The molecule has 5 nitrogen and oxygen atoms in total. The van der Waals surface area contributed by atoms with Gasteiger partial charge in [0.05, 0.1) is 6.20 Å². The number of nitrogens with one attached hydrogen (secondary N) is 1. The molecule has 0 fully saturated rings. The molecule has 0 saturated heterocycles. The Balaban J connectivity index is 2.11. The summed E-state index contributed by atoms with van der Waals surface area (Å²) in [7, 11) is 0. The Bertz CT molecular complexity index is 486. The first-order chi connectivity index (χ1) is 8.81. The van der Waals surface area contributed by atoms with E-state index in [1.807, 2.05) is 30.3 Å². The SMILES string of the molecule is O=C(c1cn[nH]n1)N(CCCl)Cc1ccccc1. The predicted molar refractivity (Wildman–Crippen MR) is 68.3 cm³/mol. The Hall–Kier alpha value is -1.88. The maximum atomic E-state index is 12.1. The third kappa shape index (κ3) is 3.07. The predicted octanol–water partition coefficient (Wildman–Crippen LogP) is 1.69. The first-order valence-electron chi connectivity index (χ1n) is 5.56. The van der Waals surface area contributed by atoms with Gasteiger partial charge in [-0.15, -0.1) is 11.6 Å². The number of carbonyl (C=O) groups is 1. The standard InChI is InChI=1S/C12H13ClN4O/c13-6-7-17(9-10-4-2-1-3-5-10)12(18)11-8-14-16-15-11/h1-5,8H,6-7,9H2,(H,14,15,16). The molecule has 0 aliphatic carbocycles. The summed E-state index contributed by atoms with van der Waals surface area (Å²) in [6.07, 6.45) is 1.41. The lowest BCUT2D eigenvalue weighted by atomic mass is 10.2. The fraction of sp³-hybridized carbons (Fsp3) is 0.250. The van der Waals surface area contributed by atoms with Gasteiger partial charge in [-0.05, 0) is 5.56 Å². The van der Waals surface area contributed by atoms with Crippen LogP contribution in [0.4, 0.5) is 0 Å². The van der Waals surface area contributed by atoms with Crippen LogP contribution in [0.25, 0.3) is 0 Å². The van der Waals surface area contributed by atoms with Crippen molar-refractivity contribution in [1.29, 1.82) is 0 Å². The molecule has 1 N–H and O–H groups in total. The minimum Gasteiger partial charge on any atom is -0.332 e. The number of carbonyl (C=O) groups excluding carboxylic acids is 1. The van der Waals surface area contributed by atoms with Gasteiger partial charge in [0.1, 0.15) is 0 Å². The highest BCUT2D eigenvalue weighted by Gasteiger charge is 2.17. The fourth-order valence-corrected chi connectivity index (χ4v) is 1.83. The number of hydrogen-bond donors (Lipinski definition) is 1. The molecule has 2 aromatic rings. The van der Waals surface area contributed by atoms with E-state index in [2.05, 4.69) is 15.4 Å². The zero-order chi connectivity index (χ0) is 12.8. The van der Waals surface area contributed by atoms with Crippen molar-refractivity contribution >= 4 is 17.5 Å². The van der Waals surface area contributed by atoms with Crippen molar-refractivity contribution in [3.8, 4) is 0 Å². The van der Waals surface area contributed by atoms with E-state index in [4.69, 9.17) is 11.6 Å².